The van der Waals surface area contributed by atoms with E-state index in [1.165, 1.54) is 0 Å². The fraction of sp³-hybridized carbons (Fsp3) is 0.100. The molecule has 0 aliphatic carbocycles. The molecule has 3 nitrogen and oxygen atoms in total. The first-order valence-corrected chi connectivity index (χ1v) is 5.06. The molecule has 2 heterocycles. The second-order valence-electron chi connectivity index (χ2n) is 2.98. The molecule has 0 aliphatic rings. The van der Waals surface area contributed by atoms with Crippen LogP contribution in [0.4, 0.5) is 0 Å². The Morgan fingerprint density at radius 3 is 2.27 bits per heavy atom. The van der Waals surface area contributed by atoms with Gasteiger partial charge in [0, 0.05) is 25.0 Å². The minimum Gasteiger partial charge on any atom is -0.244 e. The Morgan fingerprint density at radius 1 is 0.933 bits per heavy atom. The minimum absolute atomic E-state index is 0.482. The van der Waals surface area contributed by atoms with Crippen molar-refractivity contribution in [3.8, 4) is 0 Å². The Kier molecular flexibility index (Phi) is 3.14. The second-order valence-corrected chi connectivity index (χ2v) is 3.81. The van der Waals surface area contributed by atoms with E-state index in [2.05, 4.69) is 15.0 Å². The van der Waals surface area contributed by atoms with Crippen LogP contribution in [0, 0.1) is 0 Å². The number of aromatic nitrogens is 3. The number of halogens is 2. The molecule has 0 saturated carbocycles. The first-order chi connectivity index (χ1) is 7.24. The van der Waals surface area contributed by atoms with E-state index in [0.29, 0.717) is 22.4 Å². The summed E-state index contributed by atoms with van der Waals surface area (Å²) in [6.07, 6.45) is 5.49. The van der Waals surface area contributed by atoms with Crippen molar-refractivity contribution in [1.29, 1.82) is 0 Å². The summed E-state index contributed by atoms with van der Waals surface area (Å²) in [6.45, 7) is 0. The Hall–Kier alpha value is -1.19. The predicted molar refractivity (Wildman–Crippen MR) is 59.1 cm³/mol. The third-order valence-corrected chi connectivity index (χ3v) is 2.24. The van der Waals surface area contributed by atoms with Gasteiger partial charge in [-0.15, -0.1) is 0 Å². The van der Waals surface area contributed by atoms with Crippen LogP contribution >= 0.6 is 23.2 Å². The highest BCUT2D eigenvalue weighted by Gasteiger charge is 1.99. The van der Waals surface area contributed by atoms with Gasteiger partial charge in [0.05, 0.1) is 5.02 Å². The molecule has 0 fully saturated rings. The van der Waals surface area contributed by atoms with Gasteiger partial charge in [0.2, 0.25) is 0 Å². The summed E-state index contributed by atoms with van der Waals surface area (Å²) in [6, 6.07) is 3.64. The molecule has 0 aromatic carbocycles. The molecule has 0 amide bonds. The summed E-state index contributed by atoms with van der Waals surface area (Å²) in [5.41, 5.74) is 1.02. The highest BCUT2D eigenvalue weighted by atomic mass is 35.5. The van der Waals surface area contributed by atoms with Gasteiger partial charge in [0.15, 0.2) is 0 Å². The maximum absolute atomic E-state index is 5.68. The Labute approximate surface area is 97.1 Å². The van der Waals surface area contributed by atoms with E-state index in [1.807, 2.05) is 6.07 Å². The summed E-state index contributed by atoms with van der Waals surface area (Å²) < 4.78 is 0. The normalized spacial score (nSPS) is 10.3. The van der Waals surface area contributed by atoms with Crippen molar-refractivity contribution in [2.24, 2.45) is 0 Å². The van der Waals surface area contributed by atoms with Gasteiger partial charge in [-0.1, -0.05) is 29.3 Å². The molecular formula is C10H7Cl2N3. The molecule has 0 spiro atoms. The van der Waals surface area contributed by atoms with Crippen LogP contribution in [0.2, 0.25) is 10.2 Å². The van der Waals surface area contributed by atoms with Gasteiger partial charge in [-0.2, -0.15) is 0 Å². The van der Waals surface area contributed by atoms with Crippen molar-refractivity contribution in [3.05, 3.63) is 52.3 Å². The maximum Gasteiger partial charge on any atom is 0.132 e. The van der Waals surface area contributed by atoms with Crippen LogP contribution in [0.5, 0.6) is 0 Å². The highest BCUT2D eigenvalue weighted by Crippen LogP contribution is 2.09. The topological polar surface area (TPSA) is 38.7 Å². The van der Waals surface area contributed by atoms with Gasteiger partial charge >= 0.3 is 0 Å². The van der Waals surface area contributed by atoms with Crippen molar-refractivity contribution in [2.75, 3.05) is 0 Å². The van der Waals surface area contributed by atoms with Crippen LogP contribution in [-0.4, -0.2) is 15.0 Å². The quantitative estimate of drug-likeness (QED) is 0.757. The summed E-state index contributed by atoms with van der Waals surface area (Å²) in [7, 11) is 0. The molecular weight excluding hydrogens is 233 g/mol. The molecule has 0 atom stereocenters. The Bertz CT molecular complexity index is 396. The van der Waals surface area contributed by atoms with Crippen LogP contribution in [0.15, 0.2) is 30.7 Å². The third-order valence-electron chi connectivity index (χ3n) is 1.82. The Morgan fingerprint density at radius 2 is 1.67 bits per heavy atom. The summed E-state index contributed by atoms with van der Waals surface area (Å²) >= 11 is 11.4. The molecule has 0 N–H and O–H groups in total. The van der Waals surface area contributed by atoms with E-state index < -0.39 is 0 Å². The average molecular weight is 240 g/mol. The largest absolute Gasteiger partial charge is 0.244 e. The van der Waals surface area contributed by atoms with E-state index in [0.717, 1.165) is 5.56 Å². The fourth-order valence-electron chi connectivity index (χ4n) is 1.12. The Balaban J connectivity index is 2.15. The number of rotatable bonds is 2. The lowest BCUT2D eigenvalue weighted by Crippen LogP contribution is -1.95. The molecule has 0 saturated heterocycles. The zero-order valence-electron chi connectivity index (χ0n) is 7.69. The van der Waals surface area contributed by atoms with Gasteiger partial charge < -0.3 is 0 Å². The molecule has 0 bridgehead atoms. The van der Waals surface area contributed by atoms with Crippen LogP contribution in [-0.2, 0) is 6.42 Å². The smallest absolute Gasteiger partial charge is 0.132 e. The lowest BCUT2D eigenvalue weighted by Gasteiger charge is -1.99. The third kappa shape index (κ3) is 2.88. The summed E-state index contributed by atoms with van der Waals surface area (Å²) in [5, 5.41) is 1.02. The first-order valence-electron chi connectivity index (χ1n) is 4.31. The molecule has 76 valence electrons. The van der Waals surface area contributed by atoms with Gasteiger partial charge in [-0.05, 0) is 11.6 Å². The zero-order chi connectivity index (χ0) is 10.7. The van der Waals surface area contributed by atoms with Crippen molar-refractivity contribution in [3.63, 3.8) is 0 Å². The fourth-order valence-corrected chi connectivity index (χ4v) is 1.33. The first kappa shape index (κ1) is 10.3. The molecule has 2 aromatic heterocycles. The summed E-state index contributed by atoms with van der Waals surface area (Å²) in [4.78, 5) is 12.2. The number of nitrogens with zero attached hydrogens (tertiary/aromatic N) is 3. The lowest BCUT2D eigenvalue weighted by molar-refractivity contribution is 0.961. The van der Waals surface area contributed by atoms with E-state index in [1.54, 1.807) is 24.7 Å². The van der Waals surface area contributed by atoms with Crippen LogP contribution in [0.25, 0.3) is 0 Å². The minimum atomic E-state index is 0.482. The highest BCUT2D eigenvalue weighted by molar-refractivity contribution is 6.30. The van der Waals surface area contributed by atoms with Crippen molar-refractivity contribution < 1.29 is 0 Å². The van der Waals surface area contributed by atoms with E-state index in [-0.39, 0.29) is 0 Å². The van der Waals surface area contributed by atoms with E-state index in [4.69, 9.17) is 23.2 Å². The van der Waals surface area contributed by atoms with Gasteiger partial charge in [0.1, 0.15) is 11.0 Å². The van der Waals surface area contributed by atoms with Crippen LogP contribution < -0.4 is 0 Å². The van der Waals surface area contributed by atoms with Crippen molar-refractivity contribution >= 4 is 23.2 Å². The second kappa shape index (κ2) is 4.55. The maximum atomic E-state index is 5.68. The zero-order valence-corrected chi connectivity index (χ0v) is 9.20. The molecule has 15 heavy (non-hydrogen) atoms. The molecule has 0 unspecified atom stereocenters. The van der Waals surface area contributed by atoms with Crippen LogP contribution in [0.3, 0.4) is 0 Å². The van der Waals surface area contributed by atoms with Gasteiger partial charge in [-0.25, -0.2) is 15.0 Å². The van der Waals surface area contributed by atoms with Gasteiger partial charge in [0.25, 0.3) is 0 Å². The average Bonchev–Trinajstić information content (AvgIpc) is 2.25. The van der Waals surface area contributed by atoms with E-state index in [9.17, 15) is 0 Å². The monoisotopic (exact) mass is 239 g/mol. The van der Waals surface area contributed by atoms with Crippen molar-refractivity contribution in [1.82, 2.24) is 15.0 Å². The van der Waals surface area contributed by atoms with Crippen molar-refractivity contribution in [2.45, 2.75) is 6.42 Å². The summed E-state index contributed by atoms with van der Waals surface area (Å²) in [5.74, 6) is 0.712. The molecule has 2 aromatic rings. The van der Waals surface area contributed by atoms with Crippen LogP contribution in [0.1, 0.15) is 11.4 Å². The SMILES string of the molecule is Clc1cnc(Cc2ccc(Cl)nc2)nc1. The molecule has 2 rings (SSSR count). The molecule has 0 aliphatic heterocycles. The molecule has 5 heteroatoms. The number of hydrogen-bond donors (Lipinski definition) is 0. The molecule has 0 radical (unpaired) electrons. The van der Waals surface area contributed by atoms with Gasteiger partial charge in [-0.3, -0.25) is 0 Å². The predicted octanol–water partition coefficient (Wildman–Crippen LogP) is 2.77. The van der Waals surface area contributed by atoms with E-state index >= 15 is 0 Å². The standard InChI is InChI=1S/C10H7Cl2N3/c11-8-5-14-10(15-6-8)3-7-1-2-9(12)13-4-7/h1-2,4-6H,3H2. The number of hydrogen-bond acceptors (Lipinski definition) is 3. The number of pyridine rings is 1. The lowest BCUT2D eigenvalue weighted by atomic mass is 10.2.